The van der Waals surface area contributed by atoms with Crippen LogP contribution in [-0.4, -0.2) is 68.9 Å². The van der Waals surface area contributed by atoms with Gasteiger partial charge in [0, 0.05) is 60.3 Å². The van der Waals surface area contributed by atoms with E-state index in [4.69, 9.17) is 25.8 Å². The topological polar surface area (TPSA) is 96.1 Å². The summed E-state index contributed by atoms with van der Waals surface area (Å²) in [6.45, 7) is 8.71. The zero-order valence-corrected chi connectivity index (χ0v) is 28.1. The minimum atomic E-state index is -0.284. The third-order valence-electron chi connectivity index (χ3n) is 8.72. The number of H-pyrrole nitrogens is 1. The molecular weight excluding hydrogens is 592 g/mol. The maximum atomic E-state index is 13.4. The number of hydrogen-bond donors (Lipinski definition) is 2. The first-order valence-corrected chi connectivity index (χ1v) is 16.1. The van der Waals surface area contributed by atoms with Crippen LogP contribution in [0.15, 0.2) is 47.3 Å². The summed E-state index contributed by atoms with van der Waals surface area (Å²) in [7, 11) is 5.37. The van der Waals surface area contributed by atoms with Crippen molar-refractivity contribution in [1.29, 1.82) is 0 Å². The summed E-state index contributed by atoms with van der Waals surface area (Å²) in [5, 5.41) is 3.41. The lowest BCUT2D eigenvalue weighted by Crippen LogP contribution is -2.43. The number of benzene rings is 2. The molecule has 0 atom stereocenters. The molecule has 0 spiro atoms. The van der Waals surface area contributed by atoms with E-state index in [1.165, 1.54) is 18.7 Å². The normalized spacial score (nSPS) is 16.4. The highest BCUT2D eigenvalue weighted by Crippen LogP contribution is 2.34. The van der Waals surface area contributed by atoms with Gasteiger partial charge in [-0.2, -0.15) is 0 Å². The molecule has 3 aromatic rings. The fourth-order valence-electron chi connectivity index (χ4n) is 6.32. The quantitative estimate of drug-likeness (QED) is 0.213. The smallest absolute Gasteiger partial charge is 0.251 e. The Morgan fingerprint density at radius 3 is 2.47 bits per heavy atom. The second kappa shape index (κ2) is 16.2. The fourth-order valence-corrected chi connectivity index (χ4v) is 6.53. The Bertz CT molecular complexity index is 1500. The maximum absolute atomic E-state index is 13.4. The van der Waals surface area contributed by atoms with Gasteiger partial charge in [-0.3, -0.25) is 14.5 Å². The summed E-state index contributed by atoms with van der Waals surface area (Å²) in [5.74, 6) is 0.934. The van der Waals surface area contributed by atoms with Gasteiger partial charge in [0.25, 0.3) is 5.91 Å². The van der Waals surface area contributed by atoms with Crippen molar-refractivity contribution in [3.05, 3.63) is 85.7 Å². The molecule has 10 heteroatoms. The van der Waals surface area contributed by atoms with Crippen LogP contribution in [-0.2, 0) is 17.8 Å². The van der Waals surface area contributed by atoms with Crippen LogP contribution in [0.4, 0.5) is 5.69 Å². The molecule has 1 fully saturated rings. The average Bonchev–Trinajstić information content (AvgIpc) is 3.02. The van der Waals surface area contributed by atoms with Crippen molar-refractivity contribution in [3.63, 3.8) is 0 Å². The van der Waals surface area contributed by atoms with E-state index in [2.05, 4.69) is 46.2 Å². The maximum Gasteiger partial charge on any atom is 0.251 e. The molecule has 1 aliphatic rings. The molecule has 2 aromatic carbocycles. The molecular formula is C35H47ClN4O5. The highest BCUT2D eigenvalue weighted by Gasteiger charge is 2.29. The number of anilines is 1. The van der Waals surface area contributed by atoms with Gasteiger partial charge in [-0.15, -0.1) is 0 Å². The van der Waals surface area contributed by atoms with Crippen LogP contribution >= 0.6 is 11.6 Å². The molecule has 0 bridgehead atoms. The summed E-state index contributed by atoms with van der Waals surface area (Å²) >= 11 is 6.60. The van der Waals surface area contributed by atoms with Crippen LogP contribution in [0.1, 0.15) is 65.3 Å². The van der Waals surface area contributed by atoms with Gasteiger partial charge in [-0.25, -0.2) is 0 Å². The van der Waals surface area contributed by atoms with E-state index in [-0.39, 0.29) is 17.9 Å². The lowest BCUT2D eigenvalue weighted by atomic mass is 9.88. The number of hydrogen-bond acceptors (Lipinski definition) is 7. The van der Waals surface area contributed by atoms with Crippen LogP contribution in [0.5, 0.6) is 11.6 Å². The highest BCUT2D eigenvalue weighted by atomic mass is 35.5. The van der Waals surface area contributed by atoms with Crippen molar-refractivity contribution in [3.8, 4) is 11.6 Å². The lowest BCUT2D eigenvalue weighted by Gasteiger charge is -2.41. The largest absolute Gasteiger partial charge is 0.491 e. The average molecular weight is 639 g/mol. The van der Waals surface area contributed by atoms with Crippen molar-refractivity contribution in [2.24, 2.45) is 0 Å². The second-order valence-electron chi connectivity index (χ2n) is 11.8. The molecule has 0 unspecified atom stereocenters. The molecule has 1 aromatic heterocycles. The van der Waals surface area contributed by atoms with Crippen LogP contribution in [0.2, 0.25) is 5.02 Å². The molecule has 1 aliphatic carbocycles. The Hall–Kier alpha value is -3.53. The van der Waals surface area contributed by atoms with Crippen LogP contribution in [0.25, 0.3) is 0 Å². The molecule has 0 saturated heterocycles. The van der Waals surface area contributed by atoms with Gasteiger partial charge < -0.3 is 29.4 Å². The monoisotopic (exact) mass is 638 g/mol. The van der Waals surface area contributed by atoms with Crippen molar-refractivity contribution >= 4 is 23.2 Å². The number of methoxy groups -OCH3 is 2. The number of carbonyl (C=O) groups excluding carboxylic acids is 1. The standard InChI is InChI=1S/C35H47ClN4O5/c1-7-40(28-13-11-27(12-14-28)39(4)22-25-9-8-10-29(18-25)45-16-15-43-5)32-20-26(36)19-30(24(32)3)34(42)37-21-31-33(41)17-23(2)38-35(31)44-6/h8-10,17-20,27-28H,7,11-16,21-22H2,1-6H3,(H,37,42)(H,38,41). The number of aromatic amines is 1. The van der Waals surface area contributed by atoms with Crippen molar-refractivity contribution < 1.29 is 19.0 Å². The van der Waals surface area contributed by atoms with Gasteiger partial charge in [0.15, 0.2) is 11.3 Å². The minimum absolute atomic E-state index is 0.0407. The summed E-state index contributed by atoms with van der Waals surface area (Å²) in [4.78, 5) is 33.8. The highest BCUT2D eigenvalue weighted by molar-refractivity contribution is 6.31. The molecule has 244 valence electrons. The van der Waals surface area contributed by atoms with Crippen LogP contribution < -0.4 is 25.1 Å². The molecule has 4 rings (SSSR count). The van der Waals surface area contributed by atoms with Crippen molar-refractivity contribution in [1.82, 2.24) is 15.2 Å². The Labute approximate surface area is 271 Å². The number of aryl methyl sites for hydroxylation is 1. The van der Waals surface area contributed by atoms with Gasteiger partial charge in [0.1, 0.15) is 12.4 Å². The molecule has 1 heterocycles. The Kier molecular flexibility index (Phi) is 12.3. The number of ether oxygens (including phenoxy) is 3. The number of amides is 1. The summed E-state index contributed by atoms with van der Waals surface area (Å²) in [5.41, 5.74) is 4.45. The first-order valence-electron chi connectivity index (χ1n) is 15.7. The zero-order chi connectivity index (χ0) is 32.5. The second-order valence-corrected chi connectivity index (χ2v) is 12.2. The van der Waals surface area contributed by atoms with Gasteiger partial charge in [-0.05, 0) is 88.9 Å². The zero-order valence-electron chi connectivity index (χ0n) is 27.4. The predicted octanol–water partition coefficient (Wildman–Crippen LogP) is 5.88. The van der Waals surface area contributed by atoms with E-state index >= 15 is 0 Å². The van der Waals surface area contributed by atoms with E-state index in [0.717, 1.165) is 55.8 Å². The molecule has 1 saturated carbocycles. The molecule has 0 aliphatic heterocycles. The van der Waals surface area contributed by atoms with Gasteiger partial charge >= 0.3 is 0 Å². The Morgan fingerprint density at radius 1 is 1.04 bits per heavy atom. The molecule has 45 heavy (non-hydrogen) atoms. The van der Waals surface area contributed by atoms with E-state index in [1.807, 2.05) is 25.1 Å². The fraction of sp³-hybridized carbons (Fsp3) is 0.486. The van der Waals surface area contributed by atoms with Crippen molar-refractivity contribution in [2.75, 3.05) is 45.9 Å². The molecule has 0 radical (unpaired) electrons. The summed E-state index contributed by atoms with van der Waals surface area (Å²) in [6.07, 6.45) is 4.27. The molecule has 9 nitrogen and oxygen atoms in total. The minimum Gasteiger partial charge on any atom is -0.491 e. The number of nitrogens with one attached hydrogen (secondary N) is 2. The summed E-state index contributed by atoms with van der Waals surface area (Å²) < 4.78 is 16.2. The SMILES string of the molecule is CCN(c1cc(Cl)cc(C(=O)NCc2c(OC)[nH]c(C)cc2=O)c1C)C1CCC(N(C)Cc2cccc(OCCOC)c2)CC1. The van der Waals surface area contributed by atoms with Gasteiger partial charge in [0.05, 0.1) is 25.8 Å². The van der Waals surface area contributed by atoms with Crippen LogP contribution in [0.3, 0.4) is 0 Å². The lowest BCUT2D eigenvalue weighted by molar-refractivity contribution is 0.0950. The Balaban J connectivity index is 1.40. The number of halogens is 1. The third kappa shape index (κ3) is 8.81. The number of aromatic nitrogens is 1. The molecule has 2 N–H and O–H groups in total. The first kappa shape index (κ1) is 34.3. The third-order valence-corrected chi connectivity index (χ3v) is 8.93. The first-order chi connectivity index (χ1) is 21.6. The number of pyridine rings is 1. The predicted molar refractivity (Wildman–Crippen MR) is 180 cm³/mol. The van der Waals surface area contributed by atoms with E-state index in [0.29, 0.717) is 53.0 Å². The number of nitrogens with zero attached hydrogens (tertiary/aromatic N) is 2. The van der Waals surface area contributed by atoms with Crippen molar-refractivity contribution in [2.45, 2.75) is 71.6 Å². The molecule has 1 amide bonds. The Morgan fingerprint density at radius 2 is 1.78 bits per heavy atom. The van der Waals surface area contributed by atoms with E-state index < -0.39 is 0 Å². The van der Waals surface area contributed by atoms with E-state index in [1.54, 1.807) is 20.1 Å². The van der Waals surface area contributed by atoms with E-state index in [9.17, 15) is 9.59 Å². The van der Waals surface area contributed by atoms with Crippen LogP contribution in [0, 0.1) is 13.8 Å². The number of rotatable bonds is 14. The number of carbonyl (C=O) groups is 1. The summed E-state index contributed by atoms with van der Waals surface area (Å²) in [6, 6.07) is 14.3. The van der Waals surface area contributed by atoms with Gasteiger partial charge in [-0.1, -0.05) is 23.7 Å². The van der Waals surface area contributed by atoms with Gasteiger partial charge in [0.2, 0.25) is 0 Å².